The minimum atomic E-state index is -0.269. The van der Waals surface area contributed by atoms with Crippen molar-refractivity contribution in [3.05, 3.63) is 54.0 Å². The van der Waals surface area contributed by atoms with Gasteiger partial charge in [-0.2, -0.15) is 0 Å². The molecule has 1 amide bonds. The van der Waals surface area contributed by atoms with Gasteiger partial charge in [0.1, 0.15) is 0 Å². The van der Waals surface area contributed by atoms with Crippen LogP contribution in [-0.2, 0) is 16.0 Å². The Bertz CT molecular complexity index is 799. The molecule has 1 aromatic carbocycles. The molecule has 0 radical (unpaired) electrons. The number of nitrogens with one attached hydrogen (secondary N) is 3. The molecular formula is C23H32N4O4. The Morgan fingerprint density at radius 2 is 2.10 bits per heavy atom. The fourth-order valence-corrected chi connectivity index (χ4v) is 3.18. The molecule has 1 aromatic heterocycles. The van der Waals surface area contributed by atoms with Crippen LogP contribution in [0, 0.1) is 0 Å². The number of guanidine groups is 1. The molecule has 0 saturated carbocycles. The van der Waals surface area contributed by atoms with Crippen molar-refractivity contribution in [3.63, 3.8) is 0 Å². The Labute approximate surface area is 183 Å². The first-order valence-electron chi connectivity index (χ1n) is 10.9. The molecule has 1 unspecified atom stereocenters. The number of hydrogen-bond acceptors (Lipinski definition) is 5. The van der Waals surface area contributed by atoms with Crippen LogP contribution >= 0.6 is 0 Å². The van der Waals surface area contributed by atoms with Gasteiger partial charge in [-0.1, -0.05) is 12.1 Å². The average molecular weight is 429 g/mol. The fraction of sp³-hybridized carbons (Fsp3) is 0.478. The molecule has 1 fully saturated rings. The summed E-state index contributed by atoms with van der Waals surface area (Å²) in [5.41, 5.74) is 1.76. The standard InChI is InChI=1S/C23H32N4O4/c1-2-24-23(25-12-5-13-29-17-20-6-3-14-30-20)26-16-18-8-10-19(11-9-18)27-22(28)21-7-4-15-31-21/h4,7-11,15,20H,2-3,5-6,12-14,16-17H2,1H3,(H,27,28)(H2,24,25,26). The number of ether oxygens (including phenoxy) is 2. The van der Waals surface area contributed by atoms with Crippen molar-refractivity contribution in [1.82, 2.24) is 10.6 Å². The largest absolute Gasteiger partial charge is 0.459 e. The first-order chi connectivity index (χ1) is 15.2. The lowest BCUT2D eigenvalue weighted by Gasteiger charge is -2.13. The Kier molecular flexibility index (Phi) is 9.40. The third kappa shape index (κ3) is 8.07. The van der Waals surface area contributed by atoms with Crippen LogP contribution in [0.25, 0.3) is 0 Å². The molecule has 3 rings (SSSR count). The van der Waals surface area contributed by atoms with Crippen molar-refractivity contribution in [3.8, 4) is 0 Å². The van der Waals surface area contributed by atoms with E-state index in [0.717, 1.165) is 50.5 Å². The maximum atomic E-state index is 12.0. The van der Waals surface area contributed by atoms with Crippen molar-refractivity contribution in [1.29, 1.82) is 0 Å². The lowest BCUT2D eigenvalue weighted by Crippen LogP contribution is -2.38. The highest BCUT2D eigenvalue weighted by atomic mass is 16.5. The third-order valence-electron chi connectivity index (χ3n) is 4.81. The number of carbonyl (C=O) groups excluding carboxylic acids is 1. The fourth-order valence-electron chi connectivity index (χ4n) is 3.18. The van der Waals surface area contributed by atoms with Gasteiger partial charge in [0.15, 0.2) is 11.7 Å². The number of furan rings is 1. The van der Waals surface area contributed by atoms with E-state index in [1.165, 1.54) is 6.26 Å². The van der Waals surface area contributed by atoms with Gasteiger partial charge in [-0.3, -0.25) is 4.79 Å². The molecule has 8 nitrogen and oxygen atoms in total. The lowest BCUT2D eigenvalue weighted by molar-refractivity contribution is 0.0168. The predicted molar refractivity (Wildman–Crippen MR) is 120 cm³/mol. The molecular weight excluding hydrogens is 396 g/mol. The Balaban J connectivity index is 1.38. The SMILES string of the molecule is CCNC(=NCc1ccc(NC(=O)c2ccco2)cc1)NCCCOCC1CCCO1. The van der Waals surface area contributed by atoms with E-state index in [9.17, 15) is 4.79 Å². The Morgan fingerprint density at radius 1 is 1.23 bits per heavy atom. The molecule has 0 aliphatic carbocycles. The zero-order valence-electron chi connectivity index (χ0n) is 18.1. The van der Waals surface area contributed by atoms with Gasteiger partial charge >= 0.3 is 0 Å². The number of benzene rings is 1. The second-order valence-corrected chi connectivity index (χ2v) is 7.31. The quantitative estimate of drug-likeness (QED) is 0.289. The summed E-state index contributed by atoms with van der Waals surface area (Å²) in [6.45, 7) is 6.41. The van der Waals surface area contributed by atoms with Crippen LogP contribution < -0.4 is 16.0 Å². The van der Waals surface area contributed by atoms with Gasteiger partial charge in [0, 0.05) is 32.0 Å². The van der Waals surface area contributed by atoms with Crippen LogP contribution in [0.15, 0.2) is 52.1 Å². The Morgan fingerprint density at radius 3 is 2.81 bits per heavy atom. The maximum Gasteiger partial charge on any atom is 0.291 e. The second-order valence-electron chi connectivity index (χ2n) is 7.31. The summed E-state index contributed by atoms with van der Waals surface area (Å²) in [6.07, 6.45) is 4.90. The number of amides is 1. The summed E-state index contributed by atoms with van der Waals surface area (Å²) in [5, 5.41) is 9.39. The van der Waals surface area contributed by atoms with E-state index in [-0.39, 0.29) is 17.8 Å². The zero-order chi connectivity index (χ0) is 21.7. The van der Waals surface area contributed by atoms with Crippen molar-refractivity contribution in [2.75, 3.05) is 38.2 Å². The highest BCUT2D eigenvalue weighted by Crippen LogP contribution is 2.13. The summed E-state index contributed by atoms with van der Waals surface area (Å²) in [7, 11) is 0. The highest BCUT2D eigenvalue weighted by Gasteiger charge is 2.14. The molecule has 2 heterocycles. The molecule has 31 heavy (non-hydrogen) atoms. The molecule has 8 heteroatoms. The normalized spacial score (nSPS) is 16.3. The summed E-state index contributed by atoms with van der Waals surface area (Å²) in [6, 6.07) is 10.9. The Hall–Kier alpha value is -2.84. The number of nitrogens with zero attached hydrogens (tertiary/aromatic N) is 1. The summed E-state index contributed by atoms with van der Waals surface area (Å²) < 4.78 is 16.3. The van der Waals surface area contributed by atoms with E-state index < -0.39 is 0 Å². The van der Waals surface area contributed by atoms with Crippen LogP contribution in [-0.4, -0.2) is 50.9 Å². The smallest absolute Gasteiger partial charge is 0.291 e. The molecule has 0 bridgehead atoms. The van der Waals surface area contributed by atoms with Gasteiger partial charge in [-0.15, -0.1) is 0 Å². The molecule has 3 N–H and O–H groups in total. The molecule has 1 aliphatic heterocycles. The number of aliphatic imine (C=N–C) groups is 1. The van der Waals surface area contributed by atoms with Crippen LogP contribution in [0.3, 0.4) is 0 Å². The number of carbonyl (C=O) groups is 1. The minimum Gasteiger partial charge on any atom is -0.459 e. The van der Waals surface area contributed by atoms with Crippen molar-refractivity contribution < 1.29 is 18.7 Å². The predicted octanol–water partition coefficient (Wildman–Crippen LogP) is 3.17. The lowest BCUT2D eigenvalue weighted by atomic mass is 10.2. The summed E-state index contributed by atoms with van der Waals surface area (Å²) in [5.74, 6) is 0.790. The molecule has 2 aromatic rings. The van der Waals surface area contributed by atoms with Gasteiger partial charge in [0.2, 0.25) is 0 Å². The van der Waals surface area contributed by atoms with Crippen molar-refractivity contribution >= 4 is 17.6 Å². The second kappa shape index (κ2) is 12.8. The van der Waals surface area contributed by atoms with Gasteiger partial charge in [-0.05, 0) is 56.0 Å². The van der Waals surface area contributed by atoms with E-state index in [1.54, 1.807) is 12.1 Å². The van der Waals surface area contributed by atoms with E-state index in [1.807, 2.05) is 31.2 Å². The van der Waals surface area contributed by atoms with E-state index in [4.69, 9.17) is 13.9 Å². The topological polar surface area (TPSA) is 97.1 Å². The van der Waals surface area contributed by atoms with Gasteiger partial charge in [0.25, 0.3) is 5.91 Å². The molecule has 168 valence electrons. The van der Waals surface area contributed by atoms with Crippen LogP contribution in [0.1, 0.15) is 42.3 Å². The summed E-state index contributed by atoms with van der Waals surface area (Å²) >= 11 is 0. The van der Waals surface area contributed by atoms with Gasteiger partial charge < -0.3 is 29.8 Å². The average Bonchev–Trinajstić information content (AvgIpc) is 3.50. The van der Waals surface area contributed by atoms with Crippen LogP contribution in [0.2, 0.25) is 0 Å². The summed E-state index contributed by atoms with van der Waals surface area (Å²) in [4.78, 5) is 16.6. The third-order valence-corrected chi connectivity index (χ3v) is 4.81. The first-order valence-corrected chi connectivity index (χ1v) is 10.9. The van der Waals surface area contributed by atoms with Crippen LogP contribution in [0.4, 0.5) is 5.69 Å². The maximum absolute atomic E-state index is 12.0. The molecule has 1 atom stereocenters. The van der Waals surface area contributed by atoms with Crippen molar-refractivity contribution in [2.45, 2.75) is 38.8 Å². The van der Waals surface area contributed by atoms with Crippen molar-refractivity contribution in [2.24, 2.45) is 4.99 Å². The highest BCUT2D eigenvalue weighted by molar-refractivity contribution is 6.02. The molecule has 1 aliphatic rings. The van der Waals surface area contributed by atoms with Gasteiger partial charge in [-0.25, -0.2) is 4.99 Å². The number of anilines is 1. The number of hydrogen-bond donors (Lipinski definition) is 3. The van der Waals surface area contributed by atoms with Crippen LogP contribution in [0.5, 0.6) is 0 Å². The first kappa shape index (κ1) is 22.8. The molecule has 1 saturated heterocycles. The minimum absolute atomic E-state index is 0.269. The van der Waals surface area contributed by atoms with Gasteiger partial charge in [0.05, 0.1) is 25.5 Å². The van der Waals surface area contributed by atoms with E-state index in [0.29, 0.717) is 25.4 Å². The monoisotopic (exact) mass is 428 g/mol. The molecule has 0 spiro atoms. The van der Waals surface area contributed by atoms with E-state index >= 15 is 0 Å². The van der Waals surface area contributed by atoms with E-state index in [2.05, 4.69) is 20.9 Å². The number of rotatable bonds is 11. The zero-order valence-corrected chi connectivity index (χ0v) is 18.1.